The van der Waals surface area contributed by atoms with Gasteiger partial charge in [-0.3, -0.25) is 0 Å². The van der Waals surface area contributed by atoms with E-state index in [1.165, 1.54) is 0 Å². The zero-order valence-corrected chi connectivity index (χ0v) is 8.17. The van der Waals surface area contributed by atoms with Crippen molar-refractivity contribution >= 4 is 24.8 Å². The van der Waals surface area contributed by atoms with Crippen LogP contribution in [0.2, 0.25) is 0 Å². The van der Waals surface area contributed by atoms with Gasteiger partial charge in [0.05, 0.1) is 6.61 Å². The molecule has 1 unspecified atom stereocenters. The molecule has 11 heavy (non-hydrogen) atoms. The number of nitrogens with one attached hydrogen (secondary N) is 2. The average Bonchev–Trinajstić information content (AvgIpc) is 1.78. The molecule has 1 atom stereocenters. The maximum atomic E-state index is 8.62. The van der Waals surface area contributed by atoms with Gasteiger partial charge in [0.25, 0.3) is 0 Å². The summed E-state index contributed by atoms with van der Waals surface area (Å²) in [6.07, 6.45) is 0. The Morgan fingerprint density at radius 3 is 2.36 bits per heavy atom. The molecule has 1 aliphatic heterocycles. The average molecular weight is 203 g/mol. The number of hydrogen-bond acceptors (Lipinski definition) is 3. The van der Waals surface area contributed by atoms with Crippen LogP contribution in [0.15, 0.2) is 0 Å². The second-order valence-corrected chi connectivity index (χ2v) is 2.61. The Hall–Kier alpha value is 0.460. The third-order valence-electron chi connectivity index (χ3n) is 1.58. The van der Waals surface area contributed by atoms with Gasteiger partial charge in [0, 0.05) is 25.2 Å². The second-order valence-electron chi connectivity index (χ2n) is 2.61. The minimum absolute atomic E-state index is 0. The van der Waals surface area contributed by atoms with Crippen molar-refractivity contribution < 1.29 is 5.11 Å². The number of aliphatic hydroxyl groups excluding tert-OH is 1. The molecule has 0 aromatic carbocycles. The molecule has 0 bridgehead atoms. The molecule has 1 saturated heterocycles. The highest BCUT2D eigenvalue weighted by Gasteiger charge is 2.17. The minimum Gasteiger partial charge on any atom is -0.395 e. The van der Waals surface area contributed by atoms with E-state index in [1.807, 2.05) is 6.92 Å². The van der Waals surface area contributed by atoms with E-state index in [-0.39, 0.29) is 37.5 Å². The van der Waals surface area contributed by atoms with Crippen molar-refractivity contribution in [3.05, 3.63) is 0 Å². The van der Waals surface area contributed by atoms with Crippen LogP contribution < -0.4 is 10.6 Å². The van der Waals surface area contributed by atoms with Gasteiger partial charge in [0.15, 0.2) is 0 Å². The van der Waals surface area contributed by atoms with Crippen LogP contribution in [-0.2, 0) is 0 Å². The smallest absolute Gasteiger partial charge is 0.0582 e. The van der Waals surface area contributed by atoms with E-state index in [1.54, 1.807) is 0 Å². The van der Waals surface area contributed by atoms with Gasteiger partial charge in [-0.2, -0.15) is 0 Å². The zero-order valence-electron chi connectivity index (χ0n) is 6.54. The molecule has 70 valence electrons. The van der Waals surface area contributed by atoms with Crippen LogP contribution in [0.1, 0.15) is 6.92 Å². The second kappa shape index (κ2) is 7.13. The topological polar surface area (TPSA) is 44.3 Å². The molecule has 0 aliphatic carbocycles. The highest BCUT2D eigenvalue weighted by Crippen LogP contribution is 1.92. The fraction of sp³-hybridized carbons (Fsp3) is 1.00. The molecule has 3 N–H and O–H groups in total. The largest absolute Gasteiger partial charge is 0.395 e. The van der Waals surface area contributed by atoms with Crippen LogP contribution in [0, 0.1) is 0 Å². The van der Waals surface area contributed by atoms with Crippen molar-refractivity contribution in [2.75, 3.05) is 19.7 Å². The maximum absolute atomic E-state index is 8.62. The molecule has 0 aromatic rings. The Labute approximate surface area is 79.8 Å². The van der Waals surface area contributed by atoms with Crippen molar-refractivity contribution in [1.29, 1.82) is 0 Å². The monoisotopic (exact) mass is 202 g/mol. The van der Waals surface area contributed by atoms with Gasteiger partial charge < -0.3 is 15.7 Å². The summed E-state index contributed by atoms with van der Waals surface area (Å²) < 4.78 is 0. The van der Waals surface area contributed by atoms with Gasteiger partial charge in [0.2, 0.25) is 0 Å². The standard InChI is InChI=1S/C6H14N2O.2ClH/c1-5(4-9)8-6-2-7-3-6;;/h5-9H,2-4H2,1H3;2*1H. The van der Waals surface area contributed by atoms with Crippen molar-refractivity contribution in [3.8, 4) is 0 Å². The molecule has 1 rings (SSSR count). The zero-order chi connectivity index (χ0) is 6.69. The first kappa shape index (κ1) is 14.0. The summed E-state index contributed by atoms with van der Waals surface area (Å²) >= 11 is 0. The lowest BCUT2D eigenvalue weighted by Crippen LogP contribution is -2.58. The lowest BCUT2D eigenvalue weighted by molar-refractivity contribution is 0.224. The van der Waals surface area contributed by atoms with Crippen molar-refractivity contribution in [1.82, 2.24) is 10.6 Å². The Bertz CT molecular complexity index is 87.9. The molecule has 0 spiro atoms. The first-order valence-electron chi connectivity index (χ1n) is 3.40. The Kier molecular flexibility index (Phi) is 9.08. The van der Waals surface area contributed by atoms with Gasteiger partial charge in [-0.05, 0) is 6.92 Å². The Balaban J connectivity index is 0. The molecule has 1 heterocycles. The molecule has 0 saturated carbocycles. The number of rotatable bonds is 3. The summed E-state index contributed by atoms with van der Waals surface area (Å²) in [6, 6.07) is 0.837. The first-order chi connectivity index (χ1) is 4.33. The number of halogens is 2. The van der Waals surface area contributed by atoms with Crippen LogP contribution >= 0.6 is 24.8 Å². The van der Waals surface area contributed by atoms with E-state index in [4.69, 9.17) is 5.11 Å². The van der Waals surface area contributed by atoms with E-state index in [9.17, 15) is 0 Å². The summed E-state index contributed by atoms with van der Waals surface area (Å²) in [7, 11) is 0. The lowest BCUT2D eigenvalue weighted by Gasteiger charge is -2.30. The molecule has 0 amide bonds. The Morgan fingerprint density at radius 2 is 2.09 bits per heavy atom. The highest BCUT2D eigenvalue weighted by atomic mass is 35.5. The van der Waals surface area contributed by atoms with E-state index < -0.39 is 0 Å². The van der Waals surface area contributed by atoms with Gasteiger partial charge in [0.1, 0.15) is 0 Å². The highest BCUT2D eigenvalue weighted by molar-refractivity contribution is 5.85. The predicted octanol–water partition coefficient (Wildman–Crippen LogP) is -0.228. The van der Waals surface area contributed by atoms with E-state index >= 15 is 0 Å². The lowest BCUT2D eigenvalue weighted by atomic mass is 10.1. The van der Waals surface area contributed by atoms with Crippen LogP contribution in [0.3, 0.4) is 0 Å². The van der Waals surface area contributed by atoms with Crippen LogP contribution in [0.25, 0.3) is 0 Å². The molecular weight excluding hydrogens is 187 g/mol. The molecule has 1 fully saturated rings. The SMILES string of the molecule is CC(CO)NC1CNC1.Cl.Cl. The van der Waals surface area contributed by atoms with Crippen molar-refractivity contribution in [2.24, 2.45) is 0 Å². The van der Waals surface area contributed by atoms with Gasteiger partial charge >= 0.3 is 0 Å². The van der Waals surface area contributed by atoms with E-state index in [0.717, 1.165) is 13.1 Å². The summed E-state index contributed by atoms with van der Waals surface area (Å²) in [5.41, 5.74) is 0. The third-order valence-corrected chi connectivity index (χ3v) is 1.58. The molecule has 5 heteroatoms. The summed E-state index contributed by atoms with van der Waals surface area (Å²) in [6.45, 7) is 4.31. The normalized spacial score (nSPS) is 19.1. The third kappa shape index (κ3) is 4.82. The molecule has 1 aliphatic rings. The summed E-state index contributed by atoms with van der Waals surface area (Å²) in [5.74, 6) is 0. The van der Waals surface area contributed by atoms with E-state index in [0.29, 0.717) is 6.04 Å². The van der Waals surface area contributed by atoms with Gasteiger partial charge in [-0.25, -0.2) is 0 Å². The summed E-state index contributed by atoms with van der Waals surface area (Å²) in [4.78, 5) is 0. The number of hydrogen-bond donors (Lipinski definition) is 3. The van der Waals surface area contributed by atoms with Crippen molar-refractivity contribution in [2.45, 2.75) is 19.0 Å². The Morgan fingerprint density at radius 1 is 1.55 bits per heavy atom. The molecule has 0 radical (unpaired) electrons. The van der Waals surface area contributed by atoms with Crippen LogP contribution in [0.4, 0.5) is 0 Å². The van der Waals surface area contributed by atoms with Crippen LogP contribution in [-0.4, -0.2) is 36.9 Å². The van der Waals surface area contributed by atoms with Gasteiger partial charge in [-0.1, -0.05) is 0 Å². The quantitative estimate of drug-likeness (QED) is 0.593. The fourth-order valence-electron chi connectivity index (χ4n) is 0.862. The van der Waals surface area contributed by atoms with Crippen LogP contribution in [0.5, 0.6) is 0 Å². The maximum Gasteiger partial charge on any atom is 0.0582 e. The number of aliphatic hydroxyl groups is 1. The molecule has 3 nitrogen and oxygen atoms in total. The fourth-order valence-corrected chi connectivity index (χ4v) is 0.862. The first-order valence-corrected chi connectivity index (χ1v) is 3.40. The predicted molar refractivity (Wildman–Crippen MR) is 50.8 cm³/mol. The molecule has 0 aromatic heterocycles. The minimum atomic E-state index is 0. The summed E-state index contributed by atoms with van der Waals surface area (Å²) in [5, 5.41) is 15.0. The van der Waals surface area contributed by atoms with Gasteiger partial charge in [-0.15, -0.1) is 24.8 Å². The molecular formula is C6H16Cl2N2O. The van der Waals surface area contributed by atoms with E-state index in [2.05, 4.69) is 10.6 Å². The van der Waals surface area contributed by atoms with Crippen molar-refractivity contribution in [3.63, 3.8) is 0 Å².